The summed E-state index contributed by atoms with van der Waals surface area (Å²) in [6.45, 7) is 0.766. The van der Waals surface area contributed by atoms with Crippen molar-refractivity contribution in [3.63, 3.8) is 0 Å². The largest absolute Gasteiger partial charge is 0.489 e. The number of rotatable bonds is 3. The van der Waals surface area contributed by atoms with E-state index < -0.39 is 0 Å². The zero-order valence-electron chi connectivity index (χ0n) is 9.29. The maximum atomic E-state index is 5.75. The normalized spacial score (nSPS) is 17.3. The van der Waals surface area contributed by atoms with Gasteiger partial charge in [0, 0.05) is 10.7 Å². The minimum atomic E-state index is 0.471. The lowest BCUT2D eigenvalue weighted by Crippen LogP contribution is -2.15. The summed E-state index contributed by atoms with van der Waals surface area (Å²) >= 11 is 3.36. The number of nitrogen functional groups attached to an aromatic ring is 1. The Balaban J connectivity index is 1.90. The first-order valence-corrected chi connectivity index (χ1v) is 6.59. The molecular weight excluding hydrogens is 268 g/mol. The summed E-state index contributed by atoms with van der Waals surface area (Å²) in [5, 5.41) is 0. The fraction of sp³-hybridized carbons (Fsp3) is 0.583. The Hall–Kier alpha value is -0.770. The van der Waals surface area contributed by atoms with E-state index in [9.17, 15) is 0 Å². The second-order valence-corrected chi connectivity index (χ2v) is 5.27. The minimum absolute atomic E-state index is 0.471. The van der Waals surface area contributed by atoms with Gasteiger partial charge in [0.2, 0.25) is 0 Å². The summed E-state index contributed by atoms with van der Waals surface area (Å²) in [5.41, 5.74) is 5.75. The summed E-state index contributed by atoms with van der Waals surface area (Å²) in [4.78, 5) is 4.05. The molecule has 1 aliphatic rings. The number of aromatic nitrogens is 1. The molecule has 4 heteroatoms. The molecule has 0 unspecified atom stereocenters. The fourth-order valence-electron chi connectivity index (χ4n) is 2.11. The van der Waals surface area contributed by atoms with Crippen molar-refractivity contribution in [3.8, 4) is 5.75 Å². The summed E-state index contributed by atoms with van der Waals surface area (Å²) in [7, 11) is 0. The number of pyridine rings is 1. The van der Waals surface area contributed by atoms with Crippen LogP contribution in [0.1, 0.15) is 32.1 Å². The van der Waals surface area contributed by atoms with Gasteiger partial charge in [0.15, 0.2) is 11.6 Å². The van der Waals surface area contributed by atoms with Crippen LogP contribution in [0, 0.1) is 5.92 Å². The van der Waals surface area contributed by atoms with Crippen LogP contribution >= 0.6 is 15.9 Å². The van der Waals surface area contributed by atoms with Crippen LogP contribution in [0.3, 0.4) is 0 Å². The zero-order chi connectivity index (χ0) is 11.4. The van der Waals surface area contributed by atoms with Crippen LogP contribution in [0.2, 0.25) is 0 Å². The molecule has 2 N–H and O–H groups in total. The molecule has 3 nitrogen and oxygen atoms in total. The first-order chi connectivity index (χ1) is 7.75. The average molecular weight is 285 g/mol. The third kappa shape index (κ3) is 3.11. The van der Waals surface area contributed by atoms with Crippen LogP contribution in [0.25, 0.3) is 0 Å². The molecule has 16 heavy (non-hydrogen) atoms. The Bertz CT molecular complexity index is 351. The molecule has 1 aromatic heterocycles. The second-order valence-electron chi connectivity index (χ2n) is 4.35. The first kappa shape index (κ1) is 11.7. The molecule has 2 rings (SSSR count). The van der Waals surface area contributed by atoms with Crippen molar-refractivity contribution in [1.82, 2.24) is 4.98 Å². The van der Waals surface area contributed by atoms with Gasteiger partial charge < -0.3 is 10.5 Å². The Morgan fingerprint density at radius 3 is 2.88 bits per heavy atom. The highest BCUT2D eigenvalue weighted by Crippen LogP contribution is 2.27. The van der Waals surface area contributed by atoms with Gasteiger partial charge in [-0.15, -0.1) is 0 Å². The number of ether oxygens (including phenoxy) is 1. The van der Waals surface area contributed by atoms with Crippen molar-refractivity contribution < 1.29 is 4.74 Å². The lowest BCUT2D eigenvalue weighted by Gasteiger charge is -2.21. The number of halogens is 1. The lowest BCUT2D eigenvalue weighted by molar-refractivity contribution is 0.209. The summed E-state index contributed by atoms with van der Waals surface area (Å²) < 4.78 is 6.64. The summed E-state index contributed by atoms with van der Waals surface area (Å²) in [6.07, 6.45) is 8.28. The van der Waals surface area contributed by atoms with Gasteiger partial charge >= 0.3 is 0 Å². The molecule has 1 fully saturated rings. The van der Waals surface area contributed by atoms with Crippen LogP contribution in [0.5, 0.6) is 5.75 Å². The SMILES string of the molecule is Nc1ncc(Br)cc1OCC1CCCCC1. The first-order valence-electron chi connectivity index (χ1n) is 5.79. The number of hydrogen-bond acceptors (Lipinski definition) is 3. The predicted octanol–water partition coefficient (Wildman–Crippen LogP) is 3.39. The van der Waals surface area contributed by atoms with Crippen LogP contribution < -0.4 is 10.5 Å². The monoisotopic (exact) mass is 284 g/mol. The number of anilines is 1. The standard InChI is InChI=1S/C12H17BrN2O/c13-10-6-11(12(14)15-7-10)16-8-9-4-2-1-3-5-9/h6-7,9H,1-5,8H2,(H2,14,15). The van der Waals surface area contributed by atoms with Crippen LogP contribution in [-0.2, 0) is 0 Å². The second kappa shape index (κ2) is 5.53. The third-order valence-electron chi connectivity index (χ3n) is 3.05. The fourth-order valence-corrected chi connectivity index (χ4v) is 2.42. The van der Waals surface area contributed by atoms with E-state index in [4.69, 9.17) is 10.5 Å². The van der Waals surface area contributed by atoms with Crippen molar-refractivity contribution in [3.05, 3.63) is 16.7 Å². The van der Waals surface area contributed by atoms with Gasteiger partial charge in [-0.3, -0.25) is 0 Å². The van der Waals surface area contributed by atoms with E-state index in [1.165, 1.54) is 32.1 Å². The number of nitrogens with two attached hydrogens (primary N) is 1. The highest BCUT2D eigenvalue weighted by molar-refractivity contribution is 9.10. The van der Waals surface area contributed by atoms with Crippen LogP contribution in [0.4, 0.5) is 5.82 Å². The Morgan fingerprint density at radius 2 is 2.12 bits per heavy atom. The van der Waals surface area contributed by atoms with E-state index in [2.05, 4.69) is 20.9 Å². The van der Waals surface area contributed by atoms with Gasteiger partial charge in [0.1, 0.15) is 0 Å². The molecule has 1 saturated carbocycles. The van der Waals surface area contributed by atoms with Crippen molar-refractivity contribution in [2.75, 3.05) is 12.3 Å². The van der Waals surface area contributed by atoms with Crippen molar-refractivity contribution in [1.29, 1.82) is 0 Å². The average Bonchev–Trinajstić information content (AvgIpc) is 2.32. The molecule has 1 aromatic rings. The van der Waals surface area contributed by atoms with Crippen molar-refractivity contribution >= 4 is 21.7 Å². The van der Waals surface area contributed by atoms with E-state index in [1.807, 2.05) is 6.07 Å². The van der Waals surface area contributed by atoms with E-state index in [-0.39, 0.29) is 0 Å². The Morgan fingerprint density at radius 1 is 1.38 bits per heavy atom. The highest BCUT2D eigenvalue weighted by Gasteiger charge is 2.14. The molecule has 0 saturated heterocycles. The van der Waals surface area contributed by atoms with Gasteiger partial charge in [0.05, 0.1) is 6.61 Å². The molecule has 0 radical (unpaired) electrons. The topological polar surface area (TPSA) is 48.1 Å². The molecule has 0 atom stereocenters. The van der Waals surface area contributed by atoms with E-state index in [1.54, 1.807) is 6.20 Å². The Kier molecular flexibility index (Phi) is 4.04. The predicted molar refractivity (Wildman–Crippen MR) is 68.4 cm³/mol. The maximum Gasteiger partial charge on any atom is 0.166 e. The van der Waals surface area contributed by atoms with Gasteiger partial charge in [0.25, 0.3) is 0 Å². The molecule has 1 heterocycles. The molecule has 0 aromatic carbocycles. The molecule has 0 aliphatic heterocycles. The highest BCUT2D eigenvalue weighted by atomic mass is 79.9. The number of nitrogens with zero attached hydrogens (tertiary/aromatic N) is 1. The van der Waals surface area contributed by atoms with Crippen molar-refractivity contribution in [2.24, 2.45) is 5.92 Å². The summed E-state index contributed by atoms with van der Waals surface area (Å²) in [5.74, 6) is 1.85. The van der Waals surface area contributed by atoms with E-state index >= 15 is 0 Å². The van der Waals surface area contributed by atoms with Gasteiger partial charge in [-0.05, 0) is 40.8 Å². The van der Waals surface area contributed by atoms with E-state index in [0.717, 1.165) is 11.1 Å². The number of hydrogen-bond donors (Lipinski definition) is 1. The van der Waals surface area contributed by atoms with Gasteiger partial charge in [-0.1, -0.05) is 19.3 Å². The smallest absolute Gasteiger partial charge is 0.166 e. The maximum absolute atomic E-state index is 5.75. The zero-order valence-corrected chi connectivity index (χ0v) is 10.9. The third-order valence-corrected chi connectivity index (χ3v) is 3.48. The minimum Gasteiger partial charge on any atom is -0.489 e. The molecular formula is C12H17BrN2O. The molecule has 88 valence electrons. The van der Waals surface area contributed by atoms with Crippen LogP contribution in [0.15, 0.2) is 16.7 Å². The van der Waals surface area contributed by atoms with Gasteiger partial charge in [-0.2, -0.15) is 0 Å². The van der Waals surface area contributed by atoms with Crippen LogP contribution in [-0.4, -0.2) is 11.6 Å². The molecule has 1 aliphatic carbocycles. The molecule has 0 amide bonds. The summed E-state index contributed by atoms with van der Waals surface area (Å²) in [6, 6.07) is 1.88. The molecule has 0 spiro atoms. The van der Waals surface area contributed by atoms with Crippen molar-refractivity contribution in [2.45, 2.75) is 32.1 Å². The van der Waals surface area contributed by atoms with Gasteiger partial charge in [-0.25, -0.2) is 4.98 Å². The quantitative estimate of drug-likeness (QED) is 0.926. The molecule has 0 bridgehead atoms. The lowest BCUT2D eigenvalue weighted by atomic mass is 9.90. The van der Waals surface area contributed by atoms with E-state index in [0.29, 0.717) is 17.5 Å². The Labute approximate surface area is 105 Å².